The maximum Gasteiger partial charge on any atom is 0.141 e. The van der Waals surface area contributed by atoms with Crippen LogP contribution < -0.4 is 4.74 Å². The average Bonchev–Trinajstić information content (AvgIpc) is 1.96. The van der Waals surface area contributed by atoms with Crippen LogP contribution >= 0.6 is 15.9 Å². The molecule has 0 amide bonds. The van der Waals surface area contributed by atoms with Crippen molar-refractivity contribution in [2.45, 2.75) is 26.4 Å². The highest BCUT2D eigenvalue weighted by atomic mass is 79.9. The van der Waals surface area contributed by atoms with Crippen LogP contribution in [0.4, 0.5) is 4.39 Å². The van der Waals surface area contributed by atoms with Crippen molar-refractivity contribution in [1.82, 2.24) is 0 Å². The molecule has 0 heterocycles. The summed E-state index contributed by atoms with van der Waals surface area (Å²) in [5.41, 5.74) is -0.309. The summed E-state index contributed by atoms with van der Waals surface area (Å²) in [6.07, 6.45) is 0. The smallest absolute Gasteiger partial charge is 0.141 e. The lowest BCUT2D eigenvalue weighted by Crippen LogP contribution is -2.23. The van der Waals surface area contributed by atoms with Gasteiger partial charge in [0.25, 0.3) is 0 Å². The van der Waals surface area contributed by atoms with E-state index in [2.05, 4.69) is 15.9 Å². The van der Waals surface area contributed by atoms with Gasteiger partial charge in [0.05, 0.1) is 4.47 Å². The van der Waals surface area contributed by atoms with E-state index >= 15 is 0 Å². The monoisotopic (exact) mass is 246 g/mol. The highest BCUT2D eigenvalue weighted by Crippen LogP contribution is 2.29. The van der Waals surface area contributed by atoms with Crippen molar-refractivity contribution >= 4 is 15.9 Å². The van der Waals surface area contributed by atoms with Crippen LogP contribution in [-0.4, -0.2) is 5.60 Å². The van der Waals surface area contributed by atoms with Crippen molar-refractivity contribution in [3.63, 3.8) is 0 Å². The maximum atomic E-state index is 13.0. The quantitative estimate of drug-likeness (QED) is 0.734. The van der Waals surface area contributed by atoms with Gasteiger partial charge < -0.3 is 4.74 Å². The van der Waals surface area contributed by atoms with Crippen LogP contribution in [0.15, 0.2) is 22.7 Å². The predicted molar refractivity (Wildman–Crippen MR) is 54.5 cm³/mol. The predicted octanol–water partition coefficient (Wildman–Crippen LogP) is 3.77. The Labute approximate surface area is 86.0 Å². The van der Waals surface area contributed by atoms with E-state index < -0.39 is 0 Å². The molecular weight excluding hydrogens is 235 g/mol. The zero-order valence-corrected chi connectivity index (χ0v) is 9.48. The molecule has 0 unspecified atom stereocenters. The Morgan fingerprint density at radius 3 is 2.46 bits per heavy atom. The molecular formula is C10H12BrFO. The number of benzene rings is 1. The fraction of sp³-hybridized carbons (Fsp3) is 0.400. The molecule has 0 fully saturated rings. The van der Waals surface area contributed by atoms with E-state index in [1.807, 2.05) is 20.8 Å². The molecule has 0 saturated carbocycles. The van der Waals surface area contributed by atoms with E-state index in [-0.39, 0.29) is 11.4 Å². The Balaban J connectivity index is 2.96. The summed E-state index contributed by atoms with van der Waals surface area (Å²) in [6.45, 7) is 5.76. The second-order valence-corrected chi connectivity index (χ2v) is 4.56. The fourth-order valence-corrected chi connectivity index (χ4v) is 1.24. The summed E-state index contributed by atoms with van der Waals surface area (Å²) in [5, 5.41) is 0. The molecule has 1 aromatic rings. The normalized spacial score (nSPS) is 11.5. The summed E-state index contributed by atoms with van der Waals surface area (Å²) in [4.78, 5) is 0. The number of hydrogen-bond acceptors (Lipinski definition) is 1. The Hall–Kier alpha value is -0.570. The second-order valence-electron chi connectivity index (χ2n) is 3.77. The highest BCUT2D eigenvalue weighted by molar-refractivity contribution is 9.10. The lowest BCUT2D eigenvalue weighted by Gasteiger charge is -2.22. The molecule has 0 aliphatic heterocycles. The van der Waals surface area contributed by atoms with Gasteiger partial charge >= 0.3 is 0 Å². The largest absolute Gasteiger partial charge is 0.487 e. The van der Waals surface area contributed by atoms with Gasteiger partial charge in [0.2, 0.25) is 0 Å². The van der Waals surface area contributed by atoms with Gasteiger partial charge in [0.15, 0.2) is 0 Å². The zero-order chi connectivity index (χ0) is 10.1. The molecule has 0 aromatic heterocycles. The zero-order valence-electron chi connectivity index (χ0n) is 7.90. The number of rotatable bonds is 1. The van der Waals surface area contributed by atoms with E-state index in [4.69, 9.17) is 4.74 Å². The third kappa shape index (κ3) is 2.99. The topological polar surface area (TPSA) is 9.23 Å². The van der Waals surface area contributed by atoms with Crippen LogP contribution in [0.1, 0.15) is 20.8 Å². The van der Waals surface area contributed by atoms with Gasteiger partial charge in [0.1, 0.15) is 17.2 Å². The Kier molecular flexibility index (Phi) is 2.96. The van der Waals surface area contributed by atoms with Crippen molar-refractivity contribution in [3.8, 4) is 5.75 Å². The Morgan fingerprint density at radius 2 is 1.92 bits per heavy atom. The SMILES string of the molecule is CC(C)(C)Oc1cccc(F)c1Br. The first-order chi connectivity index (χ1) is 5.90. The van der Waals surface area contributed by atoms with Crippen LogP contribution in [0, 0.1) is 5.82 Å². The average molecular weight is 247 g/mol. The van der Waals surface area contributed by atoms with Crippen molar-refractivity contribution in [3.05, 3.63) is 28.5 Å². The molecule has 0 aliphatic rings. The summed E-state index contributed by atoms with van der Waals surface area (Å²) in [7, 11) is 0. The highest BCUT2D eigenvalue weighted by Gasteiger charge is 2.15. The third-order valence-corrected chi connectivity index (χ3v) is 2.10. The van der Waals surface area contributed by atoms with E-state index in [1.165, 1.54) is 6.07 Å². The lowest BCUT2D eigenvalue weighted by molar-refractivity contribution is 0.129. The molecule has 1 rings (SSSR count). The van der Waals surface area contributed by atoms with Crippen LogP contribution in [0.2, 0.25) is 0 Å². The van der Waals surface area contributed by atoms with E-state index in [9.17, 15) is 4.39 Å². The van der Waals surface area contributed by atoms with Gasteiger partial charge in [-0.3, -0.25) is 0 Å². The molecule has 0 N–H and O–H groups in total. The lowest BCUT2D eigenvalue weighted by atomic mass is 10.2. The second kappa shape index (κ2) is 3.66. The minimum atomic E-state index is -0.309. The Morgan fingerprint density at radius 1 is 1.31 bits per heavy atom. The molecule has 3 heteroatoms. The first-order valence-corrected chi connectivity index (χ1v) is 4.82. The van der Waals surface area contributed by atoms with E-state index in [0.29, 0.717) is 10.2 Å². The van der Waals surface area contributed by atoms with Crippen molar-refractivity contribution in [1.29, 1.82) is 0 Å². The molecule has 0 spiro atoms. The van der Waals surface area contributed by atoms with E-state index in [1.54, 1.807) is 12.1 Å². The van der Waals surface area contributed by atoms with Gasteiger partial charge in [-0.25, -0.2) is 4.39 Å². The number of halogens is 2. The molecule has 0 bridgehead atoms. The molecule has 0 radical (unpaired) electrons. The molecule has 1 aromatic carbocycles. The molecule has 0 aliphatic carbocycles. The maximum absolute atomic E-state index is 13.0. The summed E-state index contributed by atoms with van der Waals surface area (Å²) in [5.74, 6) is 0.231. The van der Waals surface area contributed by atoms with Crippen molar-refractivity contribution < 1.29 is 9.13 Å². The fourth-order valence-electron chi connectivity index (χ4n) is 0.893. The molecule has 13 heavy (non-hydrogen) atoms. The molecule has 1 nitrogen and oxygen atoms in total. The van der Waals surface area contributed by atoms with E-state index in [0.717, 1.165) is 0 Å². The number of ether oxygens (including phenoxy) is 1. The minimum absolute atomic E-state index is 0.304. The summed E-state index contributed by atoms with van der Waals surface area (Å²) < 4.78 is 18.9. The van der Waals surface area contributed by atoms with Crippen LogP contribution in [0.3, 0.4) is 0 Å². The summed E-state index contributed by atoms with van der Waals surface area (Å²) >= 11 is 3.13. The first-order valence-electron chi connectivity index (χ1n) is 4.03. The third-order valence-electron chi connectivity index (χ3n) is 1.33. The van der Waals surface area contributed by atoms with Crippen LogP contribution in [-0.2, 0) is 0 Å². The summed E-state index contributed by atoms with van der Waals surface area (Å²) in [6, 6.07) is 4.75. The van der Waals surface area contributed by atoms with Crippen molar-refractivity contribution in [2.75, 3.05) is 0 Å². The van der Waals surface area contributed by atoms with Gasteiger partial charge in [-0.15, -0.1) is 0 Å². The molecule has 0 saturated heterocycles. The minimum Gasteiger partial charge on any atom is -0.487 e. The van der Waals surface area contributed by atoms with Gasteiger partial charge in [-0.2, -0.15) is 0 Å². The molecule has 72 valence electrons. The van der Waals surface area contributed by atoms with Crippen LogP contribution in [0.25, 0.3) is 0 Å². The van der Waals surface area contributed by atoms with Crippen molar-refractivity contribution in [2.24, 2.45) is 0 Å². The molecule has 0 atom stereocenters. The van der Waals surface area contributed by atoms with Crippen LogP contribution in [0.5, 0.6) is 5.75 Å². The van der Waals surface area contributed by atoms with Gasteiger partial charge in [-0.05, 0) is 48.8 Å². The van der Waals surface area contributed by atoms with Gasteiger partial charge in [0, 0.05) is 0 Å². The number of hydrogen-bond donors (Lipinski definition) is 0. The first kappa shape index (κ1) is 10.5. The standard InChI is InChI=1S/C10H12BrFO/c1-10(2,3)13-8-6-4-5-7(12)9(8)11/h4-6H,1-3H3. The van der Waals surface area contributed by atoms with Gasteiger partial charge in [-0.1, -0.05) is 6.07 Å². The Bertz CT molecular complexity index is 304.